The van der Waals surface area contributed by atoms with Crippen LogP contribution >= 0.6 is 0 Å². The molecule has 0 aromatic heterocycles. The fourth-order valence-electron chi connectivity index (χ4n) is 4.21. The van der Waals surface area contributed by atoms with E-state index < -0.39 is 0 Å². The van der Waals surface area contributed by atoms with Crippen LogP contribution in [0.15, 0.2) is 36.4 Å². The van der Waals surface area contributed by atoms with E-state index in [9.17, 15) is 9.18 Å². The van der Waals surface area contributed by atoms with Gasteiger partial charge in [0.2, 0.25) is 0 Å². The highest BCUT2D eigenvalue weighted by atomic mass is 19.1. The van der Waals surface area contributed by atoms with Gasteiger partial charge in [0.05, 0.1) is 12.3 Å². The van der Waals surface area contributed by atoms with Gasteiger partial charge in [-0.15, -0.1) is 0 Å². The third-order valence-corrected chi connectivity index (χ3v) is 5.93. The summed E-state index contributed by atoms with van der Waals surface area (Å²) in [5.74, 6) is 1.07. The third-order valence-electron chi connectivity index (χ3n) is 5.93. The molecule has 0 aliphatic carbocycles. The van der Waals surface area contributed by atoms with Crippen molar-refractivity contribution in [1.82, 2.24) is 0 Å². The molecule has 2 aromatic carbocycles. The first-order valence-corrected chi connectivity index (χ1v) is 11.7. The zero-order valence-corrected chi connectivity index (χ0v) is 19.3. The summed E-state index contributed by atoms with van der Waals surface area (Å²) < 4.78 is 20.6. The monoisotopic (exact) mass is 426 g/mol. The van der Waals surface area contributed by atoms with Crippen LogP contribution in [0.2, 0.25) is 0 Å². The zero-order valence-electron chi connectivity index (χ0n) is 19.3. The molecule has 0 N–H and O–H groups in total. The van der Waals surface area contributed by atoms with Crippen molar-refractivity contribution in [1.29, 1.82) is 0 Å². The Labute approximate surface area is 186 Å². The molecular formula is C26H35FN2O2. The summed E-state index contributed by atoms with van der Waals surface area (Å²) in [6.45, 7) is 11.3. The maximum absolute atomic E-state index is 14.8. The highest BCUT2D eigenvalue weighted by Crippen LogP contribution is 2.32. The molecule has 2 aliphatic heterocycles. The van der Waals surface area contributed by atoms with Crippen molar-refractivity contribution in [3.63, 3.8) is 0 Å². The van der Waals surface area contributed by atoms with Gasteiger partial charge in [0.25, 0.3) is 5.91 Å². The Morgan fingerprint density at radius 3 is 2.61 bits per heavy atom. The summed E-state index contributed by atoms with van der Waals surface area (Å²) >= 11 is 0. The molecule has 31 heavy (non-hydrogen) atoms. The van der Waals surface area contributed by atoms with Gasteiger partial charge in [-0.05, 0) is 67.1 Å². The van der Waals surface area contributed by atoms with Gasteiger partial charge in [-0.1, -0.05) is 34.1 Å². The topological polar surface area (TPSA) is 32.8 Å². The van der Waals surface area contributed by atoms with Gasteiger partial charge in [0.1, 0.15) is 11.6 Å². The van der Waals surface area contributed by atoms with Gasteiger partial charge >= 0.3 is 0 Å². The molecular weight excluding hydrogens is 391 g/mol. The number of anilines is 2. The summed E-state index contributed by atoms with van der Waals surface area (Å²) in [6.07, 6.45) is 3.93. The van der Waals surface area contributed by atoms with Crippen molar-refractivity contribution in [3.8, 4) is 5.75 Å². The predicted octanol–water partition coefficient (Wildman–Crippen LogP) is 6.08. The Balaban J connectivity index is 0.00000132. The number of benzene rings is 2. The van der Waals surface area contributed by atoms with Crippen molar-refractivity contribution in [2.45, 2.75) is 53.4 Å². The predicted molar refractivity (Wildman–Crippen MR) is 126 cm³/mol. The van der Waals surface area contributed by atoms with E-state index in [1.807, 2.05) is 44.2 Å². The number of carbonyl (C=O) groups excluding carboxylic acids is 1. The van der Waals surface area contributed by atoms with Crippen molar-refractivity contribution in [2.75, 3.05) is 36.0 Å². The molecule has 1 fully saturated rings. The highest BCUT2D eigenvalue weighted by molar-refractivity contribution is 6.08. The average molecular weight is 427 g/mol. The SMILES string of the molecule is CC.CCCCOc1ccc2c(c1)CCN(c1ccc(N3CCC(C)C3)c(F)c1)C2=O. The van der Waals surface area contributed by atoms with Crippen molar-refractivity contribution in [3.05, 3.63) is 53.3 Å². The van der Waals surface area contributed by atoms with Gasteiger partial charge in [-0.2, -0.15) is 0 Å². The Bertz CT molecular complexity index is 899. The lowest BCUT2D eigenvalue weighted by molar-refractivity contribution is 0.0980. The van der Waals surface area contributed by atoms with E-state index in [0.29, 0.717) is 36.0 Å². The molecule has 1 amide bonds. The second kappa shape index (κ2) is 10.7. The normalized spacial score (nSPS) is 17.8. The van der Waals surface area contributed by atoms with Crippen LogP contribution in [0.25, 0.3) is 0 Å². The zero-order chi connectivity index (χ0) is 22.4. The Hall–Kier alpha value is -2.56. The highest BCUT2D eigenvalue weighted by Gasteiger charge is 2.27. The minimum Gasteiger partial charge on any atom is -0.494 e. The van der Waals surface area contributed by atoms with Crippen molar-refractivity contribution in [2.24, 2.45) is 5.92 Å². The van der Waals surface area contributed by atoms with Crippen LogP contribution < -0.4 is 14.5 Å². The van der Waals surface area contributed by atoms with Crippen LogP contribution in [-0.4, -0.2) is 32.1 Å². The maximum Gasteiger partial charge on any atom is 0.258 e. The largest absolute Gasteiger partial charge is 0.494 e. The number of hydrogen-bond acceptors (Lipinski definition) is 3. The molecule has 0 saturated carbocycles. The van der Waals surface area contributed by atoms with Crippen LogP contribution in [0.4, 0.5) is 15.8 Å². The summed E-state index contributed by atoms with van der Waals surface area (Å²) in [6, 6.07) is 10.8. The van der Waals surface area contributed by atoms with Crippen molar-refractivity contribution < 1.29 is 13.9 Å². The lowest BCUT2D eigenvalue weighted by atomic mass is 9.98. The van der Waals surface area contributed by atoms with E-state index in [4.69, 9.17) is 4.74 Å². The third kappa shape index (κ3) is 5.20. The van der Waals surface area contributed by atoms with Gasteiger partial charge in [0, 0.05) is 30.9 Å². The maximum atomic E-state index is 14.8. The van der Waals surface area contributed by atoms with Crippen LogP contribution in [-0.2, 0) is 6.42 Å². The Kier molecular flexibility index (Phi) is 7.94. The van der Waals surface area contributed by atoms with E-state index >= 15 is 0 Å². The fraction of sp³-hybridized carbons (Fsp3) is 0.500. The lowest BCUT2D eigenvalue weighted by Gasteiger charge is -2.29. The first kappa shape index (κ1) is 23.1. The van der Waals surface area contributed by atoms with Gasteiger partial charge < -0.3 is 14.5 Å². The molecule has 1 saturated heterocycles. The van der Waals surface area contributed by atoms with Crippen molar-refractivity contribution >= 4 is 17.3 Å². The number of ether oxygens (including phenoxy) is 1. The molecule has 2 heterocycles. The van der Waals surface area contributed by atoms with E-state index in [1.54, 1.807) is 4.90 Å². The Morgan fingerprint density at radius 2 is 1.94 bits per heavy atom. The number of carbonyl (C=O) groups is 1. The standard InChI is InChI=1S/C24H29FN2O2.C2H6/c1-3-4-13-29-20-6-7-21-18(14-20)10-12-27(24(21)28)19-5-8-23(22(25)15-19)26-11-9-17(2)16-26;1-2/h5-8,14-15,17H,3-4,9-13,16H2,1-2H3;1-2H3. The van der Waals surface area contributed by atoms with Crippen LogP contribution in [0.5, 0.6) is 5.75 Å². The number of amides is 1. The molecule has 4 nitrogen and oxygen atoms in total. The molecule has 2 aromatic rings. The molecule has 1 atom stereocenters. The molecule has 2 aliphatic rings. The number of halogens is 1. The summed E-state index contributed by atoms with van der Waals surface area (Å²) in [7, 11) is 0. The van der Waals surface area contributed by atoms with Gasteiger partial charge in [-0.3, -0.25) is 4.79 Å². The number of nitrogens with zero attached hydrogens (tertiary/aromatic N) is 2. The number of unbranched alkanes of at least 4 members (excludes halogenated alkanes) is 1. The smallest absolute Gasteiger partial charge is 0.258 e. The minimum absolute atomic E-state index is 0.0756. The molecule has 0 spiro atoms. The van der Waals surface area contributed by atoms with Crippen LogP contribution in [0, 0.1) is 11.7 Å². The van der Waals surface area contributed by atoms with Gasteiger partial charge in [-0.25, -0.2) is 4.39 Å². The second-order valence-electron chi connectivity index (χ2n) is 8.20. The van der Waals surface area contributed by atoms with E-state index in [1.165, 1.54) is 6.07 Å². The first-order chi connectivity index (χ1) is 15.1. The Morgan fingerprint density at radius 1 is 1.13 bits per heavy atom. The fourth-order valence-corrected chi connectivity index (χ4v) is 4.21. The summed E-state index contributed by atoms with van der Waals surface area (Å²) in [4.78, 5) is 16.8. The molecule has 4 rings (SSSR count). The molecule has 1 unspecified atom stereocenters. The quantitative estimate of drug-likeness (QED) is 0.525. The molecule has 5 heteroatoms. The average Bonchev–Trinajstić information content (AvgIpc) is 3.21. The summed E-state index contributed by atoms with van der Waals surface area (Å²) in [5.41, 5.74) is 2.94. The lowest BCUT2D eigenvalue weighted by Crippen LogP contribution is -2.37. The number of hydrogen-bond donors (Lipinski definition) is 0. The number of rotatable bonds is 6. The van der Waals surface area contributed by atoms with E-state index in [-0.39, 0.29) is 11.7 Å². The second-order valence-corrected chi connectivity index (χ2v) is 8.20. The minimum atomic E-state index is -0.255. The molecule has 168 valence electrons. The summed E-state index contributed by atoms with van der Waals surface area (Å²) in [5, 5.41) is 0. The van der Waals surface area contributed by atoms with E-state index in [2.05, 4.69) is 18.7 Å². The molecule has 0 bridgehead atoms. The number of fused-ring (bicyclic) bond motifs is 1. The first-order valence-electron chi connectivity index (χ1n) is 11.7. The molecule has 0 radical (unpaired) electrons. The van der Waals surface area contributed by atoms with E-state index in [0.717, 1.165) is 50.1 Å². The van der Waals surface area contributed by atoms with Gasteiger partial charge in [0.15, 0.2) is 0 Å². The van der Waals surface area contributed by atoms with Crippen LogP contribution in [0.3, 0.4) is 0 Å². The van der Waals surface area contributed by atoms with Crippen LogP contribution in [0.1, 0.15) is 62.9 Å².